The van der Waals surface area contributed by atoms with E-state index in [9.17, 15) is 0 Å². The normalized spacial score (nSPS) is 11.5. The van der Waals surface area contributed by atoms with Crippen molar-refractivity contribution in [2.75, 3.05) is 0 Å². The lowest BCUT2D eigenvalue weighted by Crippen LogP contribution is -2.03. The second-order valence-corrected chi connectivity index (χ2v) is 5.99. The van der Waals surface area contributed by atoms with Crippen molar-refractivity contribution in [3.63, 3.8) is 0 Å². The van der Waals surface area contributed by atoms with E-state index in [1.807, 2.05) is 6.92 Å². The maximum absolute atomic E-state index is 5.90. The highest BCUT2D eigenvalue weighted by Gasteiger charge is 2.14. The van der Waals surface area contributed by atoms with Gasteiger partial charge in [0.1, 0.15) is 0 Å². The molecule has 0 bridgehead atoms. The second-order valence-electron chi connectivity index (χ2n) is 5.15. The first kappa shape index (κ1) is 12.6. The smallest absolute Gasteiger partial charge is 0.194 e. The molecule has 21 heavy (non-hydrogen) atoms. The van der Waals surface area contributed by atoms with Crippen LogP contribution in [0.1, 0.15) is 11.4 Å². The van der Waals surface area contributed by atoms with Crippen LogP contribution in [0, 0.1) is 6.92 Å². The van der Waals surface area contributed by atoms with E-state index in [0.29, 0.717) is 6.54 Å². The summed E-state index contributed by atoms with van der Waals surface area (Å²) in [5, 5.41) is 4.67. The van der Waals surface area contributed by atoms with Crippen LogP contribution in [0.4, 0.5) is 0 Å². The third-order valence-electron chi connectivity index (χ3n) is 3.90. The molecular weight excluding hydrogens is 278 g/mol. The Labute approximate surface area is 126 Å². The van der Waals surface area contributed by atoms with Gasteiger partial charge in [-0.05, 0) is 23.8 Å². The molecule has 0 radical (unpaired) electrons. The van der Waals surface area contributed by atoms with Gasteiger partial charge in [-0.1, -0.05) is 36.4 Å². The molecule has 0 aliphatic carbocycles. The Bertz CT molecular complexity index is 949. The fourth-order valence-corrected chi connectivity index (χ4v) is 3.77. The fourth-order valence-electron chi connectivity index (χ4n) is 2.81. The predicted octanol–water partition coefficient (Wildman–Crippen LogP) is 3.98. The Morgan fingerprint density at radius 3 is 2.76 bits per heavy atom. The van der Waals surface area contributed by atoms with Crippen molar-refractivity contribution in [2.24, 2.45) is 5.73 Å². The largest absolute Gasteiger partial charge is 0.325 e. The topological polar surface area (TPSA) is 43.3 Å². The predicted molar refractivity (Wildman–Crippen MR) is 88.6 cm³/mol. The quantitative estimate of drug-likeness (QED) is 0.607. The third-order valence-corrected chi connectivity index (χ3v) is 4.72. The van der Waals surface area contributed by atoms with E-state index < -0.39 is 0 Å². The summed E-state index contributed by atoms with van der Waals surface area (Å²) in [6, 6.07) is 15.0. The van der Waals surface area contributed by atoms with Gasteiger partial charge in [-0.3, -0.25) is 4.40 Å². The zero-order valence-corrected chi connectivity index (χ0v) is 12.5. The molecule has 0 aliphatic rings. The average molecular weight is 293 g/mol. The minimum absolute atomic E-state index is 0.504. The van der Waals surface area contributed by atoms with Gasteiger partial charge in [-0.2, -0.15) is 0 Å². The standard InChI is InChI=1S/C17H15N3S/c1-11-15(9-18)20-16(10-21-17(20)19-11)14-7-6-12-4-2-3-5-13(12)8-14/h2-8,10H,9,18H2,1H3. The molecule has 2 aromatic heterocycles. The van der Waals surface area contributed by atoms with E-state index in [4.69, 9.17) is 5.73 Å². The van der Waals surface area contributed by atoms with Crippen LogP contribution in [-0.4, -0.2) is 9.38 Å². The van der Waals surface area contributed by atoms with Crippen molar-refractivity contribution in [1.29, 1.82) is 0 Å². The Balaban J connectivity index is 1.99. The molecule has 2 aromatic carbocycles. The van der Waals surface area contributed by atoms with Gasteiger partial charge in [-0.25, -0.2) is 4.98 Å². The van der Waals surface area contributed by atoms with E-state index in [-0.39, 0.29) is 0 Å². The maximum atomic E-state index is 5.90. The minimum Gasteiger partial charge on any atom is -0.325 e. The molecule has 4 heteroatoms. The lowest BCUT2D eigenvalue weighted by Gasteiger charge is -2.05. The highest BCUT2D eigenvalue weighted by Crippen LogP contribution is 2.30. The molecule has 2 N–H and O–H groups in total. The van der Waals surface area contributed by atoms with Crippen molar-refractivity contribution in [3.8, 4) is 11.3 Å². The number of nitrogens with two attached hydrogens (primary N) is 1. The van der Waals surface area contributed by atoms with E-state index >= 15 is 0 Å². The molecule has 2 heterocycles. The summed E-state index contributed by atoms with van der Waals surface area (Å²) >= 11 is 1.66. The number of hydrogen-bond donors (Lipinski definition) is 1. The summed E-state index contributed by atoms with van der Waals surface area (Å²) in [6.07, 6.45) is 0. The van der Waals surface area contributed by atoms with Crippen LogP contribution in [-0.2, 0) is 6.54 Å². The minimum atomic E-state index is 0.504. The Hall–Kier alpha value is -2.17. The number of aromatic nitrogens is 2. The highest BCUT2D eigenvalue weighted by molar-refractivity contribution is 7.15. The van der Waals surface area contributed by atoms with Crippen molar-refractivity contribution in [2.45, 2.75) is 13.5 Å². The molecule has 4 aromatic rings. The summed E-state index contributed by atoms with van der Waals surface area (Å²) in [6.45, 7) is 2.52. The zero-order valence-electron chi connectivity index (χ0n) is 11.7. The first-order valence-electron chi connectivity index (χ1n) is 6.92. The van der Waals surface area contributed by atoms with Crippen molar-refractivity contribution in [1.82, 2.24) is 9.38 Å². The van der Waals surface area contributed by atoms with Crippen LogP contribution >= 0.6 is 11.3 Å². The van der Waals surface area contributed by atoms with Gasteiger partial charge in [0.2, 0.25) is 0 Å². The Morgan fingerprint density at radius 2 is 1.95 bits per heavy atom. The molecule has 3 nitrogen and oxygen atoms in total. The van der Waals surface area contributed by atoms with Crippen LogP contribution in [0.3, 0.4) is 0 Å². The molecule has 0 atom stereocenters. The van der Waals surface area contributed by atoms with Gasteiger partial charge in [-0.15, -0.1) is 11.3 Å². The summed E-state index contributed by atoms with van der Waals surface area (Å²) in [5.74, 6) is 0. The average Bonchev–Trinajstić information content (AvgIpc) is 3.04. The summed E-state index contributed by atoms with van der Waals surface area (Å²) in [4.78, 5) is 5.60. The maximum Gasteiger partial charge on any atom is 0.194 e. The molecule has 4 rings (SSSR count). The first-order valence-corrected chi connectivity index (χ1v) is 7.80. The van der Waals surface area contributed by atoms with Gasteiger partial charge >= 0.3 is 0 Å². The Kier molecular flexibility index (Phi) is 2.80. The van der Waals surface area contributed by atoms with Gasteiger partial charge in [0, 0.05) is 17.5 Å². The van der Waals surface area contributed by atoms with E-state index in [1.54, 1.807) is 11.3 Å². The van der Waals surface area contributed by atoms with Crippen LogP contribution in [0.25, 0.3) is 27.0 Å². The molecular formula is C17H15N3S. The molecule has 0 spiro atoms. The van der Waals surface area contributed by atoms with Crippen LogP contribution in [0.2, 0.25) is 0 Å². The number of rotatable bonds is 2. The number of nitrogens with zero attached hydrogens (tertiary/aromatic N) is 2. The monoisotopic (exact) mass is 293 g/mol. The number of aryl methyl sites for hydroxylation is 1. The molecule has 0 fully saturated rings. The Morgan fingerprint density at radius 1 is 1.14 bits per heavy atom. The lowest BCUT2D eigenvalue weighted by atomic mass is 10.1. The lowest BCUT2D eigenvalue weighted by molar-refractivity contribution is 0.953. The number of benzene rings is 2. The molecule has 0 saturated carbocycles. The van der Waals surface area contributed by atoms with Gasteiger partial charge in [0.15, 0.2) is 4.96 Å². The summed E-state index contributed by atoms with van der Waals surface area (Å²) in [5.41, 5.74) is 10.4. The molecule has 104 valence electrons. The number of hydrogen-bond acceptors (Lipinski definition) is 3. The molecule has 0 amide bonds. The second kappa shape index (κ2) is 4.69. The van der Waals surface area contributed by atoms with E-state index in [1.165, 1.54) is 22.0 Å². The van der Waals surface area contributed by atoms with Crippen LogP contribution in [0.15, 0.2) is 47.8 Å². The fraction of sp³-hybridized carbons (Fsp3) is 0.118. The molecule has 0 aliphatic heterocycles. The molecule has 0 unspecified atom stereocenters. The van der Waals surface area contributed by atoms with Crippen molar-refractivity contribution >= 4 is 27.1 Å². The number of thiazole rings is 1. The number of fused-ring (bicyclic) bond motifs is 2. The number of imidazole rings is 1. The van der Waals surface area contributed by atoms with Gasteiger partial charge in [0.25, 0.3) is 0 Å². The van der Waals surface area contributed by atoms with E-state index in [0.717, 1.165) is 16.3 Å². The third kappa shape index (κ3) is 1.87. The van der Waals surface area contributed by atoms with Gasteiger partial charge < -0.3 is 5.73 Å². The zero-order chi connectivity index (χ0) is 14.4. The highest BCUT2D eigenvalue weighted by atomic mass is 32.1. The summed E-state index contributed by atoms with van der Waals surface area (Å²) in [7, 11) is 0. The van der Waals surface area contributed by atoms with Crippen LogP contribution < -0.4 is 5.73 Å². The summed E-state index contributed by atoms with van der Waals surface area (Å²) < 4.78 is 2.18. The molecule has 0 saturated heterocycles. The van der Waals surface area contributed by atoms with Crippen molar-refractivity contribution in [3.05, 3.63) is 59.2 Å². The van der Waals surface area contributed by atoms with E-state index in [2.05, 4.69) is 57.2 Å². The first-order chi connectivity index (χ1) is 10.3. The van der Waals surface area contributed by atoms with Crippen molar-refractivity contribution < 1.29 is 0 Å². The van der Waals surface area contributed by atoms with Crippen LogP contribution in [0.5, 0.6) is 0 Å². The SMILES string of the molecule is Cc1nc2scc(-c3ccc4ccccc4c3)n2c1CN. The van der Waals surface area contributed by atoms with Gasteiger partial charge in [0.05, 0.1) is 17.1 Å².